The summed E-state index contributed by atoms with van der Waals surface area (Å²) >= 11 is 5.79. The second-order valence-corrected chi connectivity index (χ2v) is 4.05. The number of pyridine rings is 1. The fourth-order valence-corrected chi connectivity index (χ4v) is 1.73. The van der Waals surface area contributed by atoms with E-state index in [4.69, 9.17) is 21.4 Å². The molecule has 0 atom stereocenters. The van der Waals surface area contributed by atoms with Crippen LogP contribution in [0.5, 0.6) is 5.75 Å². The number of rotatable bonds is 4. The van der Waals surface area contributed by atoms with Crippen LogP contribution in [0.25, 0.3) is 0 Å². The van der Waals surface area contributed by atoms with E-state index in [-0.39, 0.29) is 16.5 Å². The van der Waals surface area contributed by atoms with Gasteiger partial charge in [0.1, 0.15) is 22.3 Å². The highest BCUT2D eigenvalue weighted by molar-refractivity contribution is 6.29. The molecule has 0 spiro atoms. The summed E-state index contributed by atoms with van der Waals surface area (Å²) in [5.74, 6) is -0.327. The maximum atomic E-state index is 11.1. The Bertz CT molecular complexity index is 617. The van der Waals surface area contributed by atoms with Gasteiger partial charge < -0.3 is 15.2 Å². The fraction of sp³-hybridized carbons (Fsp3) is 0.0769. The van der Waals surface area contributed by atoms with Crippen molar-refractivity contribution in [1.29, 1.82) is 0 Å². The first-order chi connectivity index (χ1) is 9.11. The summed E-state index contributed by atoms with van der Waals surface area (Å²) in [7, 11) is 1.53. The number of methoxy groups -OCH3 is 1. The summed E-state index contributed by atoms with van der Waals surface area (Å²) in [6, 6.07) is 9.96. The van der Waals surface area contributed by atoms with Crippen molar-refractivity contribution in [3.8, 4) is 5.75 Å². The third-order valence-corrected chi connectivity index (χ3v) is 2.66. The van der Waals surface area contributed by atoms with E-state index in [9.17, 15) is 4.79 Å². The molecule has 0 saturated carbocycles. The van der Waals surface area contributed by atoms with Gasteiger partial charge in [0.2, 0.25) is 0 Å². The van der Waals surface area contributed by atoms with Crippen LogP contribution in [0.1, 0.15) is 10.4 Å². The minimum Gasteiger partial charge on any atom is -0.495 e. The number of anilines is 2. The van der Waals surface area contributed by atoms with Crippen LogP contribution in [0.15, 0.2) is 36.4 Å². The number of hydrogen-bond acceptors (Lipinski definition) is 4. The molecule has 0 aliphatic rings. The van der Waals surface area contributed by atoms with Gasteiger partial charge in [-0.25, -0.2) is 9.78 Å². The number of carboxylic acid groups (broad SMARTS) is 1. The Morgan fingerprint density at radius 2 is 2.05 bits per heavy atom. The number of ether oxygens (including phenoxy) is 1. The van der Waals surface area contributed by atoms with Crippen LogP contribution in [-0.2, 0) is 0 Å². The molecule has 2 N–H and O–H groups in total. The number of nitrogens with one attached hydrogen (secondary N) is 1. The van der Waals surface area contributed by atoms with Crippen molar-refractivity contribution in [3.05, 3.63) is 47.1 Å². The average molecular weight is 279 g/mol. The van der Waals surface area contributed by atoms with Crippen LogP contribution in [0.2, 0.25) is 5.15 Å². The highest BCUT2D eigenvalue weighted by atomic mass is 35.5. The summed E-state index contributed by atoms with van der Waals surface area (Å²) in [5, 5.41) is 12.2. The zero-order valence-electron chi connectivity index (χ0n) is 10.1. The van der Waals surface area contributed by atoms with Crippen LogP contribution >= 0.6 is 11.6 Å². The zero-order chi connectivity index (χ0) is 13.8. The molecule has 5 nitrogen and oxygen atoms in total. The molecule has 19 heavy (non-hydrogen) atoms. The molecule has 0 amide bonds. The molecule has 2 rings (SSSR count). The number of halogens is 1. The average Bonchev–Trinajstić information content (AvgIpc) is 2.39. The van der Waals surface area contributed by atoms with Gasteiger partial charge in [0.05, 0.1) is 12.8 Å². The summed E-state index contributed by atoms with van der Waals surface area (Å²) in [6.07, 6.45) is 0. The Kier molecular flexibility index (Phi) is 3.87. The molecule has 0 saturated heterocycles. The van der Waals surface area contributed by atoms with E-state index in [0.29, 0.717) is 11.4 Å². The molecule has 0 bridgehead atoms. The van der Waals surface area contributed by atoms with E-state index in [0.717, 1.165) is 0 Å². The van der Waals surface area contributed by atoms with Gasteiger partial charge in [-0.15, -0.1) is 0 Å². The molecule has 6 heteroatoms. The Balaban J connectivity index is 2.42. The molecule has 1 aromatic heterocycles. The lowest BCUT2D eigenvalue weighted by atomic mass is 10.2. The number of carbonyl (C=O) groups is 1. The molecule has 0 fully saturated rings. The molecule has 98 valence electrons. The van der Waals surface area contributed by atoms with Crippen LogP contribution in [0, 0.1) is 0 Å². The van der Waals surface area contributed by atoms with Crippen molar-refractivity contribution in [2.24, 2.45) is 0 Å². The third-order valence-electron chi connectivity index (χ3n) is 2.45. The quantitative estimate of drug-likeness (QED) is 0.841. The van der Waals surface area contributed by atoms with E-state index >= 15 is 0 Å². The maximum absolute atomic E-state index is 11.1. The highest BCUT2D eigenvalue weighted by Gasteiger charge is 2.13. The number of benzene rings is 1. The van der Waals surface area contributed by atoms with Gasteiger partial charge in [-0.2, -0.15) is 0 Å². The van der Waals surface area contributed by atoms with Crippen molar-refractivity contribution in [2.75, 3.05) is 12.4 Å². The number of aromatic carboxylic acids is 1. The van der Waals surface area contributed by atoms with E-state index in [2.05, 4.69) is 10.3 Å². The lowest BCUT2D eigenvalue weighted by molar-refractivity contribution is 0.0697. The van der Waals surface area contributed by atoms with Gasteiger partial charge in [0.25, 0.3) is 0 Å². The van der Waals surface area contributed by atoms with Crippen LogP contribution in [0.4, 0.5) is 11.5 Å². The number of aromatic nitrogens is 1. The van der Waals surface area contributed by atoms with Crippen molar-refractivity contribution in [2.45, 2.75) is 0 Å². The van der Waals surface area contributed by atoms with Crippen molar-refractivity contribution in [1.82, 2.24) is 4.98 Å². The summed E-state index contributed by atoms with van der Waals surface area (Å²) in [4.78, 5) is 15.1. The molecule has 0 aliphatic carbocycles. The van der Waals surface area contributed by atoms with E-state index in [1.54, 1.807) is 18.2 Å². The smallest absolute Gasteiger partial charge is 0.339 e. The largest absolute Gasteiger partial charge is 0.495 e. The van der Waals surface area contributed by atoms with Crippen molar-refractivity contribution in [3.63, 3.8) is 0 Å². The van der Waals surface area contributed by atoms with Gasteiger partial charge in [0, 0.05) is 0 Å². The summed E-state index contributed by atoms with van der Waals surface area (Å²) in [5.41, 5.74) is 0.651. The van der Waals surface area contributed by atoms with Crippen LogP contribution in [0.3, 0.4) is 0 Å². The third kappa shape index (κ3) is 2.95. The van der Waals surface area contributed by atoms with E-state index < -0.39 is 5.97 Å². The minimum absolute atomic E-state index is 0.0373. The van der Waals surface area contributed by atoms with Crippen LogP contribution in [-0.4, -0.2) is 23.2 Å². The van der Waals surface area contributed by atoms with Gasteiger partial charge in [-0.1, -0.05) is 23.7 Å². The standard InChI is InChI=1S/C13H11ClN2O3/c1-19-10-5-3-2-4-9(10)15-12-8(13(17)18)6-7-11(14)16-12/h2-7H,1H3,(H,15,16)(H,17,18). The Morgan fingerprint density at radius 3 is 2.74 bits per heavy atom. The van der Waals surface area contributed by atoms with E-state index in [1.807, 2.05) is 6.07 Å². The Morgan fingerprint density at radius 1 is 1.32 bits per heavy atom. The highest BCUT2D eigenvalue weighted by Crippen LogP contribution is 2.28. The monoisotopic (exact) mass is 278 g/mol. The molecule has 0 aliphatic heterocycles. The van der Waals surface area contributed by atoms with Crippen LogP contribution < -0.4 is 10.1 Å². The second kappa shape index (κ2) is 5.58. The summed E-state index contributed by atoms with van der Waals surface area (Å²) in [6.45, 7) is 0. The zero-order valence-corrected chi connectivity index (χ0v) is 10.8. The Labute approximate surface area is 114 Å². The van der Waals surface area contributed by atoms with E-state index in [1.165, 1.54) is 19.2 Å². The van der Waals surface area contributed by atoms with Gasteiger partial charge in [-0.05, 0) is 24.3 Å². The predicted molar refractivity (Wildman–Crippen MR) is 72.5 cm³/mol. The van der Waals surface area contributed by atoms with Gasteiger partial charge in [0.15, 0.2) is 0 Å². The molecular weight excluding hydrogens is 268 g/mol. The molecule has 2 aromatic rings. The normalized spacial score (nSPS) is 10.0. The first-order valence-corrected chi connectivity index (χ1v) is 5.79. The number of hydrogen-bond donors (Lipinski definition) is 2. The van der Waals surface area contributed by atoms with Crippen molar-refractivity contribution < 1.29 is 14.6 Å². The minimum atomic E-state index is -1.08. The van der Waals surface area contributed by atoms with Crippen molar-refractivity contribution >= 4 is 29.1 Å². The maximum Gasteiger partial charge on any atom is 0.339 e. The molecular formula is C13H11ClN2O3. The molecule has 0 unspecified atom stereocenters. The molecule has 1 heterocycles. The topological polar surface area (TPSA) is 71.5 Å². The predicted octanol–water partition coefficient (Wildman–Crippen LogP) is 3.19. The number of nitrogens with zero attached hydrogens (tertiary/aromatic N) is 1. The first-order valence-electron chi connectivity index (χ1n) is 5.41. The lowest BCUT2D eigenvalue weighted by Crippen LogP contribution is -2.05. The fourth-order valence-electron chi connectivity index (χ4n) is 1.58. The lowest BCUT2D eigenvalue weighted by Gasteiger charge is -2.12. The second-order valence-electron chi connectivity index (χ2n) is 3.66. The molecule has 1 aromatic carbocycles. The van der Waals surface area contributed by atoms with Gasteiger partial charge >= 0.3 is 5.97 Å². The SMILES string of the molecule is COc1ccccc1Nc1nc(Cl)ccc1C(=O)O. The summed E-state index contributed by atoms with van der Waals surface area (Å²) < 4.78 is 5.18. The van der Waals surface area contributed by atoms with Gasteiger partial charge in [-0.3, -0.25) is 0 Å². The number of para-hydroxylation sites is 2. The first kappa shape index (κ1) is 13.2. The molecule has 0 radical (unpaired) electrons. The Hall–Kier alpha value is -2.27. The number of carboxylic acids is 1.